The van der Waals surface area contributed by atoms with Crippen molar-refractivity contribution in [3.05, 3.63) is 36.5 Å². The largest absolute Gasteiger partial charge is 0.444 e. The fraction of sp³-hybridized carbons (Fsp3) is 0.649. The molecule has 3 fully saturated rings. The second-order valence-electron chi connectivity index (χ2n) is 15.5. The molecule has 1 aliphatic heterocycles. The van der Waals surface area contributed by atoms with Gasteiger partial charge in [-0.2, -0.15) is 0 Å². The van der Waals surface area contributed by atoms with Gasteiger partial charge in [-0.05, 0) is 51.4 Å². The standard InChI is InChI=1S/C37H52F2N6O8/c1-36(2,3)53-35(52)43-29(23-15-11-8-12-16-23)34(51)45-21-24-17-37(38,39)18-25(24)30(45)32(49)40-19-26(46)31(48)41-20-27(47)42-28(33(50)44(4)5)22-13-9-6-7-10-14-22/h6-7,9-10,13-14,22-25,28-30H,8,11-12,15-21H2,1-5H3,(H,40,49)(H,41,48)(H,42,47)(H,43,52)/t24-,25-,28?,29?,30?/m0/s1. The molecule has 4 N–H and O–H groups in total. The highest BCUT2D eigenvalue weighted by Gasteiger charge is 2.58. The van der Waals surface area contributed by atoms with Crippen LogP contribution in [-0.4, -0.2) is 115 Å². The van der Waals surface area contributed by atoms with Crippen LogP contribution in [0.25, 0.3) is 0 Å². The molecular weight excluding hydrogens is 694 g/mol. The first-order valence-corrected chi connectivity index (χ1v) is 18.2. The number of alkyl halides is 2. The Hall–Kier alpha value is -4.63. The molecule has 3 unspecified atom stereocenters. The summed E-state index contributed by atoms with van der Waals surface area (Å²) in [6.07, 6.45) is 12.4. The Morgan fingerprint density at radius 2 is 1.51 bits per heavy atom. The van der Waals surface area contributed by atoms with Crippen LogP contribution >= 0.6 is 0 Å². The zero-order valence-corrected chi connectivity index (χ0v) is 31.0. The van der Waals surface area contributed by atoms with Crippen LogP contribution in [0.4, 0.5) is 13.6 Å². The molecule has 0 bridgehead atoms. The molecule has 1 saturated heterocycles. The lowest BCUT2D eigenvalue weighted by Gasteiger charge is -2.36. The van der Waals surface area contributed by atoms with Crippen LogP contribution in [0.3, 0.4) is 0 Å². The number of Topliss-reactive ketones (excluding diaryl/α,β-unsaturated/α-hetero) is 1. The van der Waals surface area contributed by atoms with Gasteiger partial charge in [-0.15, -0.1) is 0 Å². The smallest absolute Gasteiger partial charge is 0.408 e. The van der Waals surface area contributed by atoms with E-state index in [0.717, 1.165) is 19.3 Å². The zero-order chi connectivity index (χ0) is 39.1. The number of carbonyl (C=O) groups is 7. The molecule has 5 atom stereocenters. The number of ether oxygens (including phenoxy) is 1. The first kappa shape index (κ1) is 41.1. The molecule has 292 valence electrons. The first-order chi connectivity index (χ1) is 24.9. The fourth-order valence-corrected chi connectivity index (χ4v) is 7.56. The number of likely N-dealkylation sites (tertiary alicyclic amines) is 1. The number of rotatable bonds is 12. The second kappa shape index (κ2) is 17.5. The van der Waals surface area contributed by atoms with Crippen molar-refractivity contribution >= 4 is 41.4 Å². The van der Waals surface area contributed by atoms with Gasteiger partial charge in [0.25, 0.3) is 5.91 Å². The zero-order valence-electron chi connectivity index (χ0n) is 31.0. The number of alkyl carbamates (subject to hydrolysis) is 1. The first-order valence-electron chi connectivity index (χ1n) is 18.2. The van der Waals surface area contributed by atoms with Crippen LogP contribution in [0.2, 0.25) is 0 Å². The Bertz CT molecular complexity index is 1500. The lowest BCUT2D eigenvalue weighted by atomic mass is 9.83. The fourth-order valence-electron chi connectivity index (χ4n) is 7.56. The molecule has 0 aromatic carbocycles. The van der Waals surface area contributed by atoms with Crippen LogP contribution in [-0.2, 0) is 33.5 Å². The van der Waals surface area contributed by atoms with Crippen molar-refractivity contribution < 1.29 is 47.1 Å². The van der Waals surface area contributed by atoms with Gasteiger partial charge in [0, 0.05) is 39.4 Å². The number of fused-ring (bicyclic) bond motifs is 1. The second-order valence-corrected chi connectivity index (χ2v) is 15.5. The number of hydrogen-bond acceptors (Lipinski definition) is 8. The molecule has 53 heavy (non-hydrogen) atoms. The Balaban J connectivity index is 1.40. The van der Waals surface area contributed by atoms with Gasteiger partial charge in [-0.3, -0.25) is 28.8 Å². The maximum absolute atomic E-state index is 14.6. The summed E-state index contributed by atoms with van der Waals surface area (Å²) in [6, 6.07) is -3.42. The highest BCUT2D eigenvalue weighted by atomic mass is 19.3. The molecular formula is C37H52F2N6O8. The molecule has 14 nitrogen and oxygen atoms in total. The average molecular weight is 747 g/mol. The van der Waals surface area contributed by atoms with E-state index >= 15 is 0 Å². The van der Waals surface area contributed by atoms with Gasteiger partial charge in [0.15, 0.2) is 0 Å². The highest BCUT2D eigenvalue weighted by Crippen LogP contribution is 2.50. The van der Waals surface area contributed by atoms with Crippen LogP contribution < -0.4 is 21.3 Å². The molecule has 0 radical (unpaired) electrons. The van der Waals surface area contributed by atoms with Crippen molar-refractivity contribution in [2.45, 2.75) is 95.4 Å². The van der Waals surface area contributed by atoms with Crippen molar-refractivity contribution in [2.75, 3.05) is 33.7 Å². The van der Waals surface area contributed by atoms with Crippen molar-refractivity contribution in [2.24, 2.45) is 23.7 Å². The van der Waals surface area contributed by atoms with Gasteiger partial charge in [-0.25, -0.2) is 13.6 Å². The summed E-state index contributed by atoms with van der Waals surface area (Å²) in [4.78, 5) is 94.3. The molecule has 0 spiro atoms. The Kier molecular flexibility index (Phi) is 13.6. The van der Waals surface area contributed by atoms with E-state index in [2.05, 4.69) is 21.3 Å². The monoisotopic (exact) mass is 746 g/mol. The molecule has 1 heterocycles. The predicted octanol–water partition coefficient (Wildman–Crippen LogP) is 2.01. The van der Waals surface area contributed by atoms with E-state index in [4.69, 9.17) is 4.74 Å². The lowest BCUT2D eigenvalue weighted by Crippen LogP contribution is -2.58. The Morgan fingerprint density at radius 3 is 2.11 bits per heavy atom. The summed E-state index contributed by atoms with van der Waals surface area (Å²) < 4.78 is 34.6. The van der Waals surface area contributed by atoms with E-state index in [1.165, 1.54) is 23.9 Å². The number of nitrogens with one attached hydrogen (secondary N) is 4. The summed E-state index contributed by atoms with van der Waals surface area (Å²) in [6.45, 7) is 3.43. The third-order valence-corrected chi connectivity index (χ3v) is 9.98. The summed E-state index contributed by atoms with van der Waals surface area (Å²) in [5.74, 6) is -10.3. The number of hydrogen-bond donors (Lipinski definition) is 4. The van der Waals surface area contributed by atoms with E-state index < -0.39 is 115 Å². The van der Waals surface area contributed by atoms with Crippen LogP contribution in [0.5, 0.6) is 0 Å². The maximum Gasteiger partial charge on any atom is 0.408 e. The van der Waals surface area contributed by atoms with Crippen molar-refractivity contribution in [1.82, 2.24) is 31.1 Å². The molecule has 0 aromatic rings. The van der Waals surface area contributed by atoms with Crippen LogP contribution in [0.1, 0.15) is 65.7 Å². The third kappa shape index (κ3) is 11.2. The number of halogens is 2. The summed E-state index contributed by atoms with van der Waals surface area (Å²) in [7, 11) is 3.07. The number of nitrogens with zero attached hydrogens (tertiary/aromatic N) is 2. The summed E-state index contributed by atoms with van der Waals surface area (Å²) >= 11 is 0. The van der Waals surface area contributed by atoms with E-state index in [1.807, 2.05) is 0 Å². The summed E-state index contributed by atoms with van der Waals surface area (Å²) in [5.41, 5.74) is -0.847. The van der Waals surface area contributed by atoms with E-state index in [0.29, 0.717) is 12.8 Å². The number of ketones is 1. The molecule has 2 saturated carbocycles. The SMILES string of the molecule is CN(C)C(=O)C(NC(=O)CNC(=O)C(=O)CNC(=O)C1[C@H]2CC(F)(F)C[C@H]2CN1C(=O)C(NC(=O)OC(C)(C)C)C1CCCCC1)C1C=CC=CC=C1. The third-order valence-electron chi connectivity index (χ3n) is 9.98. The molecule has 3 aliphatic carbocycles. The Morgan fingerprint density at radius 1 is 0.868 bits per heavy atom. The van der Waals surface area contributed by atoms with Crippen LogP contribution in [0, 0.1) is 23.7 Å². The van der Waals surface area contributed by atoms with Gasteiger partial charge in [-0.1, -0.05) is 55.7 Å². The van der Waals surface area contributed by atoms with Crippen molar-refractivity contribution in [1.29, 1.82) is 0 Å². The van der Waals surface area contributed by atoms with E-state index in [-0.39, 0.29) is 12.5 Å². The minimum Gasteiger partial charge on any atom is -0.444 e. The van der Waals surface area contributed by atoms with Gasteiger partial charge in [0.05, 0.1) is 13.1 Å². The minimum atomic E-state index is -3.05. The lowest BCUT2D eigenvalue weighted by molar-refractivity contribution is -0.144. The average Bonchev–Trinajstić information content (AvgIpc) is 3.42. The predicted molar refractivity (Wildman–Crippen MR) is 189 cm³/mol. The van der Waals surface area contributed by atoms with Gasteiger partial charge < -0.3 is 35.8 Å². The van der Waals surface area contributed by atoms with Crippen molar-refractivity contribution in [3.63, 3.8) is 0 Å². The van der Waals surface area contributed by atoms with E-state index in [9.17, 15) is 42.3 Å². The van der Waals surface area contributed by atoms with Gasteiger partial charge in [0.2, 0.25) is 35.3 Å². The molecule has 4 rings (SSSR count). The van der Waals surface area contributed by atoms with Crippen LogP contribution in [0.15, 0.2) is 36.5 Å². The number of carbonyl (C=O) groups excluding carboxylic acids is 7. The quantitative estimate of drug-likeness (QED) is 0.219. The van der Waals surface area contributed by atoms with Gasteiger partial charge >= 0.3 is 6.09 Å². The molecule has 4 aliphatic rings. The summed E-state index contributed by atoms with van der Waals surface area (Å²) in [5, 5.41) is 9.81. The van der Waals surface area contributed by atoms with Gasteiger partial charge in [0.1, 0.15) is 23.7 Å². The highest BCUT2D eigenvalue weighted by molar-refractivity contribution is 6.37. The number of allylic oxidation sites excluding steroid dienone is 4. The minimum absolute atomic E-state index is 0.139. The maximum atomic E-state index is 14.6. The topological polar surface area (TPSA) is 183 Å². The molecule has 6 amide bonds. The van der Waals surface area contributed by atoms with E-state index in [1.54, 1.807) is 57.2 Å². The van der Waals surface area contributed by atoms with Crippen molar-refractivity contribution in [3.8, 4) is 0 Å². The Labute approximate surface area is 308 Å². The number of likely N-dealkylation sites (N-methyl/N-ethyl adjacent to an activating group) is 1. The molecule has 16 heteroatoms. The normalized spacial score (nSPS) is 23.6. The number of amides is 6. The molecule has 0 aromatic heterocycles.